The fraction of sp³-hybridized carbons (Fsp3) is 0.182. The van der Waals surface area contributed by atoms with Gasteiger partial charge in [-0.25, -0.2) is 0 Å². The van der Waals surface area contributed by atoms with Crippen LogP contribution in [-0.4, -0.2) is 15.5 Å². The van der Waals surface area contributed by atoms with Gasteiger partial charge in [0, 0.05) is 17.6 Å². The van der Waals surface area contributed by atoms with Gasteiger partial charge in [-0.05, 0) is 43.7 Å². The number of aromatic nitrogens is 2. The van der Waals surface area contributed by atoms with E-state index in [0.29, 0.717) is 18.8 Å². The molecular weight excluding hydrogens is 354 g/mol. The van der Waals surface area contributed by atoms with Crippen molar-refractivity contribution in [2.45, 2.75) is 26.9 Å². The number of amides is 1. The molecule has 1 N–H and O–H groups in total. The third kappa shape index (κ3) is 3.78. The van der Waals surface area contributed by atoms with Crippen LogP contribution in [0.25, 0.3) is 10.2 Å². The van der Waals surface area contributed by atoms with Gasteiger partial charge in [-0.15, -0.1) is 11.3 Å². The van der Waals surface area contributed by atoms with Gasteiger partial charge in [0.15, 0.2) is 0 Å². The summed E-state index contributed by atoms with van der Waals surface area (Å²) in [5, 5.41) is 3.00. The first-order chi connectivity index (χ1) is 13.1. The lowest BCUT2D eigenvalue weighted by atomic mass is 10.1. The van der Waals surface area contributed by atoms with Crippen molar-refractivity contribution in [2.75, 3.05) is 0 Å². The molecule has 0 spiro atoms. The zero-order valence-corrected chi connectivity index (χ0v) is 16.2. The van der Waals surface area contributed by atoms with Crippen LogP contribution in [0.15, 0.2) is 60.8 Å². The van der Waals surface area contributed by atoms with Crippen LogP contribution in [0, 0.1) is 13.8 Å². The minimum atomic E-state index is -0.0752. The molecule has 3 aromatic heterocycles. The molecule has 0 saturated carbocycles. The van der Waals surface area contributed by atoms with Crippen molar-refractivity contribution in [3.63, 3.8) is 0 Å². The SMILES string of the molecule is Cc1ccc(Cn2c(C(=O)NCc3ccccn3)cc3sc(C)cc32)cc1. The Morgan fingerprint density at radius 3 is 2.67 bits per heavy atom. The van der Waals surface area contributed by atoms with Crippen molar-refractivity contribution in [3.05, 3.63) is 88.2 Å². The Morgan fingerprint density at radius 2 is 1.93 bits per heavy atom. The average Bonchev–Trinajstić information content (AvgIpc) is 3.19. The first-order valence-corrected chi connectivity index (χ1v) is 9.75. The third-order valence-corrected chi connectivity index (χ3v) is 5.55. The first-order valence-electron chi connectivity index (χ1n) is 8.93. The minimum Gasteiger partial charge on any atom is -0.345 e. The Hall–Kier alpha value is -2.92. The molecule has 0 fully saturated rings. The quantitative estimate of drug-likeness (QED) is 0.550. The normalized spacial score (nSPS) is 11.0. The second-order valence-corrected chi connectivity index (χ2v) is 8.00. The van der Waals surface area contributed by atoms with Gasteiger partial charge in [0.05, 0.1) is 22.5 Å². The summed E-state index contributed by atoms with van der Waals surface area (Å²) in [5.41, 5.74) is 5.06. The van der Waals surface area contributed by atoms with Crippen LogP contribution in [0.1, 0.15) is 32.2 Å². The summed E-state index contributed by atoms with van der Waals surface area (Å²) < 4.78 is 3.25. The van der Waals surface area contributed by atoms with E-state index in [1.54, 1.807) is 17.5 Å². The highest BCUT2D eigenvalue weighted by atomic mass is 32.1. The molecule has 0 bridgehead atoms. The summed E-state index contributed by atoms with van der Waals surface area (Å²) in [7, 11) is 0. The number of hydrogen-bond acceptors (Lipinski definition) is 3. The summed E-state index contributed by atoms with van der Waals surface area (Å²) in [6.45, 7) is 5.27. The fourth-order valence-electron chi connectivity index (χ4n) is 3.16. The van der Waals surface area contributed by atoms with Gasteiger partial charge >= 0.3 is 0 Å². The fourth-order valence-corrected chi connectivity index (χ4v) is 4.13. The lowest BCUT2D eigenvalue weighted by molar-refractivity contribution is 0.0942. The molecule has 4 aromatic rings. The Kier molecular flexibility index (Phi) is 4.77. The summed E-state index contributed by atoms with van der Waals surface area (Å²) in [6, 6.07) is 18.3. The third-order valence-electron chi connectivity index (χ3n) is 4.56. The van der Waals surface area contributed by atoms with E-state index in [2.05, 4.69) is 59.0 Å². The van der Waals surface area contributed by atoms with Crippen LogP contribution >= 0.6 is 11.3 Å². The van der Waals surface area contributed by atoms with Crippen LogP contribution in [0.2, 0.25) is 0 Å². The van der Waals surface area contributed by atoms with Gasteiger partial charge in [-0.2, -0.15) is 0 Å². The maximum absolute atomic E-state index is 12.9. The molecule has 4 rings (SSSR count). The summed E-state index contributed by atoms with van der Waals surface area (Å²) in [4.78, 5) is 18.4. The molecule has 3 heterocycles. The van der Waals surface area contributed by atoms with Crippen LogP contribution in [0.4, 0.5) is 0 Å². The molecule has 0 saturated heterocycles. The van der Waals surface area contributed by atoms with Crippen LogP contribution in [0.5, 0.6) is 0 Å². The topological polar surface area (TPSA) is 46.9 Å². The molecule has 1 aromatic carbocycles. The number of benzene rings is 1. The molecule has 1 amide bonds. The number of thiophene rings is 1. The van der Waals surface area contributed by atoms with Gasteiger partial charge < -0.3 is 9.88 Å². The maximum atomic E-state index is 12.9. The molecule has 27 heavy (non-hydrogen) atoms. The molecule has 0 radical (unpaired) electrons. The van der Waals surface area contributed by atoms with E-state index in [1.807, 2.05) is 24.3 Å². The van der Waals surface area contributed by atoms with Crippen LogP contribution < -0.4 is 5.32 Å². The lowest BCUT2D eigenvalue weighted by Crippen LogP contribution is -2.26. The Balaban J connectivity index is 1.64. The number of pyridine rings is 1. The Bertz CT molecular complexity index is 1080. The van der Waals surface area contributed by atoms with Gasteiger partial charge in [-0.1, -0.05) is 35.9 Å². The predicted molar refractivity (Wildman–Crippen MR) is 110 cm³/mol. The van der Waals surface area contributed by atoms with Crippen molar-refractivity contribution in [3.8, 4) is 0 Å². The van der Waals surface area contributed by atoms with Crippen molar-refractivity contribution < 1.29 is 4.79 Å². The van der Waals surface area contributed by atoms with Crippen molar-refractivity contribution in [1.29, 1.82) is 0 Å². The van der Waals surface area contributed by atoms with Crippen molar-refractivity contribution in [2.24, 2.45) is 0 Å². The standard InChI is InChI=1S/C22H21N3OS/c1-15-6-8-17(9-7-15)14-25-19-11-16(2)27-21(19)12-20(25)22(26)24-13-18-5-3-4-10-23-18/h3-12H,13-14H2,1-2H3,(H,24,26). The Labute approximate surface area is 162 Å². The van der Waals surface area contributed by atoms with E-state index in [4.69, 9.17) is 0 Å². The number of aryl methyl sites for hydroxylation is 2. The number of nitrogens with zero attached hydrogens (tertiary/aromatic N) is 2. The zero-order chi connectivity index (χ0) is 18.8. The molecule has 0 aliphatic heterocycles. The highest BCUT2D eigenvalue weighted by molar-refractivity contribution is 7.19. The summed E-state index contributed by atoms with van der Waals surface area (Å²) in [6.07, 6.45) is 1.74. The number of fused-ring (bicyclic) bond motifs is 1. The predicted octanol–water partition coefficient (Wildman–Crippen LogP) is 4.69. The van der Waals surface area contributed by atoms with Gasteiger partial charge in [0.2, 0.25) is 0 Å². The Morgan fingerprint density at radius 1 is 1.11 bits per heavy atom. The maximum Gasteiger partial charge on any atom is 0.268 e. The zero-order valence-electron chi connectivity index (χ0n) is 15.4. The van der Waals surface area contributed by atoms with Crippen LogP contribution in [-0.2, 0) is 13.1 Å². The number of rotatable bonds is 5. The first kappa shape index (κ1) is 17.5. The molecule has 4 nitrogen and oxygen atoms in total. The van der Waals surface area contributed by atoms with Crippen molar-refractivity contribution in [1.82, 2.24) is 14.9 Å². The van der Waals surface area contributed by atoms with E-state index < -0.39 is 0 Å². The molecule has 0 atom stereocenters. The molecule has 136 valence electrons. The molecular formula is C22H21N3OS. The molecule has 0 unspecified atom stereocenters. The number of nitrogens with one attached hydrogen (secondary N) is 1. The van der Waals surface area contributed by atoms with Gasteiger partial charge in [0.25, 0.3) is 5.91 Å². The monoisotopic (exact) mass is 375 g/mol. The smallest absolute Gasteiger partial charge is 0.268 e. The van der Waals surface area contributed by atoms with E-state index >= 15 is 0 Å². The largest absolute Gasteiger partial charge is 0.345 e. The number of carbonyl (C=O) groups is 1. The number of carbonyl (C=O) groups excluding carboxylic acids is 1. The van der Waals surface area contributed by atoms with Crippen molar-refractivity contribution >= 4 is 27.5 Å². The summed E-state index contributed by atoms with van der Waals surface area (Å²) >= 11 is 1.72. The number of hydrogen-bond donors (Lipinski definition) is 1. The molecule has 0 aliphatic rings. The highest BCUT2D eigenvalue weighted by Crippen LogP contribution is 2.29. The van der Waals surface area contributed by atoms with Gasteiger partial charge in [-0.3, -0.25) is 9.78 Å². The summed E-state index contributed by atoms with van der Waals surface area (Å²) in [5.74, 6) is -0.0752. The second kappa shape index (κ2) is 7.37. The average molecular weight is 375 g/mol. The van der Waals surface area contributed by atoms with E-state index in [0.717, 1.165) is 15.9 Å². The van der Waals surface area contributed by atoms with E-state index in [-0.39, 0.29) is 5.91 Å². The van der Waals surface area contributed by atoms with Crippen LogP contribution in [0.3, 0.4) is 0 Å². The lowest BCUT2D eigenvalue weighted by Gasteiger charge is -2.11. The second-order valence-electron chi connectivity index (χ2n) is 6.71. The minimum absolute atomic E-state index is 0.0752. The van der Waals surface area contributed by atoms with Gasteiger partial charge in [0.1, 0.15) is 5.69 Å². The van der Waals surface area contributed by atoms with E-state index in [9.17, 15) is 4.79 Å². The van der Waals surface area contributed by atoms with E-state index in [1.165, 1.54) is 16.0 Å². The molecule has 0 aliphatic carbocycles. The molecule has 5 heteroatoms. The highest BCUT2D eigenvalue weighted by Gasteiger charge is 2.17.